The Balaban J connectivity index is 2.81. The van der Waals surface area contributed by atoms with Gasteiger partial charge in [-0.1, -0.05) is 13.0 Å². The van der Waals surface area contributed by atoms with Gasteiger partial charge in [-0.15, -0.1) is 0 Å². The summed E-state index contributed by atoms with van der Waals surface area (Å²) in [4.78, 5) is 17.1. The molecule has 0 aliphatic carbocycles. The van der Waals surface area contributed by atoms with Crippen molar-refractivity contribution in [3.05, 3.63) is 30.1 Å². The summed E-state index contributed by atoms with van der Waals surface area (Å²) in [6.07, 6.45) is 2.30. The molecule has 88 valence electrons. The normalized spacial score (nSPS) is 14.8. The predicted molar refractivity (Wildman–Crippen MR) is 62.1 cm³/mol. The van der Waals surface area contributed by atoms with Crippen molar-refractivity contribution in [2.24, 2.45) is 5.92 Å². The van der Waals surface area contributed by atoms with Gasteiger partial charge in [0.1, 0.15) is 0 Å². The molecule has 1 aromatic rings. The summed E-state index contributed by atoms with van der Waals surface area (Å²) < 4.78 is 0. The molecule has 0 aromatic carbocycles. The second kappa shape index (κ2) is 5.61. The fourth-order valence-electron chi connectivity index (χ4n) is 1.60. The smallest absolute Gasteiger partial charge is 0.306 e. The van der Waals surface area contributed by atoms with Crippen molar-refractivity contribution in [2.45, 2.75) is 19.4 Å². The Kier molecular flexibility index (Phi) is 4.43. The van der Waals surface area contributed by atoms with E-state index < -0.39 is 5.97 Å². The molecule has 0 spiro atoms. The highest BCUT2D eigenvalue weighted by molar-refractivity contribution is 5.69. The molecule has 0 aliphatic heterocycles. The molecule has 2 atom stereocenters. The lowest BCUT2D eigenvalue weighted by molar-refractivity contribution is -0.141. The minimum absolute atomic E-state index is 0.0484. The number of aromatic nitrogens is 1. The van der Waals surface area contributed by atoms with Crippen LogP contribution in [0.2, 0.25) is 0 Å². The highest BCUT2D eigenvalue weighted by Gasteiger charge is 2.22. The average Bonchev–Trinajstić information content (AvgIpc) is 2.26. The van der Waals surface area contributed by atoms with Crippen LogP contribution in [0.25, 0.3) is 0 Å². The van der Waals surface area contributed by atoms with Crippen LogP contribution in [0.15, 0.2) is 24.4 Å². The number of hydrogen-bond acceptors (Lipinski definition) is 3. The predicted octanol–water partition coefficient (Wildman–Crippen LogP) is 1.80. The summed E-state index contributed by atoms with van der Waals surface area (Å²) in [5.41, 5.74) is 0.917. The maximum Gasteiger partial charge on any atom is 0.306 e. The Morgan fingerprint density at radius 2 is 2.19 bits per heavy atom. The number of rotatable bonds is 5. The number of carboxylic acid groups (broad SMARTS) is 1. The largest absolute Gasteiger partial charge is 0.481 e. The highest BCUT2D eigenvalue weighted by Crippen LogP contribution is 2.24. The molecule has 0 aliphatic rings. The maximum atomic E-state index is 10.8. The van der Waals surface area contributed by atoms with Gasteiger partial charge in [0.2, 0.25) is 0 Å². The lowest BCUT2D eigenvalue weighted by Gasteiger charge is -2.25. The van der Waals surface area contributed by atoms with Crippen molar-refractivity contribution in [2.75, 3.05) is 14.1 Å². The SMILES string of the molecule is CC(CC(c1ccccn1)N(C)C)C(=O)O. The van der Waals surface area contributed by atoms with Crippen LogP contribution in [0.5, 0.6) is 0 Å². The van der Waals surface area contributed by atoms with Crippen molar-refractivity contribution in [1.82, 2.24) is 9.88 Å². The number of aliphatic carboxylic acids is 1. The maximum absolute atomic E-state index is 10.8. The molecule has 2 unspecified atom stereocenters. The quantitative estimate of drug-likeness (QED) is 0.825. The van der Waals surface area contributed by atoms with Crippen molar-refractivity contribution in [3.63, 3.8) is 0 Å². The van der Waals surface area contributed by atoms with Gasteiger partial charge in [0.25, 0.3) is 0 Å². The van der Waals surface area contributed by atoms with Gasteiger partial charge in [-0.05, 0) is 32.6 Å². The third-order valence-corrected chi connectivity index (χ3v) is 2.65. The van der Waals surface area contributed by atoms with E-state index >= 15 is 0 Å². The van der Waals surface area contributed by atoms with E-state index in [1.165, 1.54) is 0 Å². The third-order valence-electron chi connectivity index (χ3n) is 2.65. The summed E-state index contributed by atoms with van der Waals surface area (Å²) in [7, 11) is 3.88. The minimum atomic E-state index is -0.761. The Bertz CT molecular complexity index is 338. The van der Waals surface area contributed by atoms with Gasteiger partial charge in [0.05, 0.1) is 17.7 Å². The van der Waals surface area contributed by atoms with E-state index in [1.807, 2.05) is 37.2 Å². The van der Waals surface area contributed by atoms with Crippen molar-refractivity contribution in [1.29, 1.82) is 0 Å². The molecular formula is C12H18N2O2. The number of carbonyl (C=O) groups is 1. The van der Waals surface area contributed by atoms with E-state index in [0.717, 1.165) is 5.69 Å². The molecule has 0 radical (unpaired) electrons. The molecule has 0 saturated heterocycles. The molecule has 16 heavy (non-hydrogen) atoms. The van der Waals surface area contributed by atoms with Crippen LogP contribution in [0.1, 0.15) is 25.1 Å². The third kappa shape index (κ3) is 3.31. The molecule has 4 heteroatoms. The molecule has 0 saturated carbocycles. The lowest BCUT2D eigenvalue weighted by Crippen LogP contribution is -2.25. The van der Waals surface area contributed by atoms with E-state index in [-0.39, 0.29) is 12.0 Å². The Morgan fingerprint density at radius 3 is 2.62 bits per heavy atom. The fraction of sp³-hybridized carbons (Fsp3) is 0.500. The second-order valence-corrected chi connectivity index (χ2v) is 4.21. The van der Waals surface area contributed by atoms with Crippen LogP contribution in [-0.4, -0.2) is 35.1 Å². The molecule has 0 amide bonds. The molecule has 1 rings (SSSR count). The van der Waals surface area contributed by atoms with Crippen LogP contribution in [0.3, 0.4) is 0 Å². The summed E-state index contributed by atoms with van der Waals surface area (Å²) in [5, 5.41) is 8.92. The van der Waals surface area contributed by atoms with Gasteiger partial charge < -0.3 is 10.0 Å². The van der Waals surface area contributed by atoms with Crippen molar-refractivity contribution in [3.8, 4) is 0 Å². The van der Waals surface area contributed by atoms with E-state index in [4.69, 9.17) is 5.11 Å². The zero-order valence-corrected chi connectivity index (χ0v) is 9.92. The van der Waals surface area contributed by atoms with Crippen LogP contribution >= 0.6 is 0 Å². The molecule has 1 heterocycles. The number of pyridine rings is 1. The van der Waals surface area contributed by atoms with Crippen LogP contribution < -0.4 is 0 Å². The van der Waals surface area contributed by atoms with Crippen molar-refractivity contribution >= 4 is 5.97 Å². The Hall–Kier alpha value is -1.42. The van der Waals surface area contributed by atoms with E-state index in [0.29, 0.717) is 6.42 Å². The first-order valence-electron chi connectivity index (χ1n) is 5.32. The number of nitrogens with zero attached hydrogens (tertiary/aromatic N) is 2. The van der Waals surface area contributed by atoms with Gasteiger partial charge in [-0.2, -0.15) is 0 Å². The summed E-state index contributed by atoms with van der Waals surface area (Å²) in [6.45, 7) is 1.72. The van der Waals surface area contributed by atoms with Gasteiger partial charge in [-0.3, -0.25) is 9.78 Å². The fourth-order valence-corrected chi connectivity index (χ4v) is 1.60. The van der Waals surface area contributed by atoms with Crippen LogP contribution in [0, 0.1) is 5.92 Å². The number of carboxylic acids is 1. The topological polar surface area (TPSA) is 53.4 Å². The monoisotopic (exact) mass is 222 g/mol. The first kappa shape index (κ1) is 12.6. The zero-order valence-electron chi connectivity index (χ0n) is 9.92. The summed E-state index contributed by atoms with van der Waals surface area (Å²) in [6, 6.07) is 5.76. The molecule has 0 bridgehead atoms. The average molecular weight is 222 g/mol. The van der Waals surface area contributed by atoms with Gasteiger partial charge in [0.15, 0.2) is 0 Å². The summed E-state index contributed by atoms with van der Waals surface area (Å²) in [5.74, 6) is -1.13. The molecule has 1 N–H and O–H groups in total. The first-order valence-corrected chi connectivity index (χ1v) is 5.32. The Morgan fingerprint density at radius 1 is 1.50 bits per heavy atom. The Labute approximate surface area is 95.9 Å². The molecule has 4 nitrogen and oxygen atoms in total. The molecule has 1 aromatic heterocycles. The number of hydrogen-bond donors (Lipinski definition) is 1. The van der Waals surface area contributed by atoms with E-state index in [9.17, 15) is 4.79 Å². The highest BCUT2D eigenvalue weighted by atomic mass is 16.4. The molecular weight excluding hydrogens is 204 g/mol. The first-order chi connectivity index (χ1) is 7.52. The lowest BCUT2D eigenvalue weighted by atomic mass is 9.98. The summed E-state index contributed by atoms with van der Waals surface area (Å²) >= 11 is 0. The van der Waals surface area contributed by atoms with Crippen molar-refractivity contribution < 1.29 is 9.90 Å². The van der Waals surface area contributed by atoms with Crippen LogP contribution in [0.4, 0.5) is 0 Å². The minimum Gasteiger partial charge on any atom is -0.481 e. The van der Waals surface area contributed by atoms with Crippen LogP contribution in [-0.2, 0) is 4.79 Å². The van der Waals surface area contributed by atoms with Gasteiger partial charge >= 0.3 is 5.97 Å². The second-order valence-electron chi connectivity index (χ2n) is 4.21. The van der Waals surface area contributed by atoms with Gasteiger partial charge in [0, 0.05) is 6.20 Å². The van der Waals surface area contributed by atoms with Gasteiger partial charge in [-0.25, -0.2) is 0 Å². The van der Waals surface area contributed by atoms with E-state index in [1.54, 1.807) is 13.1 Å². The standard InChI is InChI=1S/C12H18N2O2/c1-9(12(15)16)8-11(14(2)3)10-6-4-5-7-13-10/h4-7,9,11H,8H2,1-3H3,(H,15,16). The zero-order chi connectivity index (χ0) is 12.1. The van der Waals surface area contributed by atoms with E-state index in [2.05, 4.69) is 4.98 Å². The molecule has 0 fully saturated rings.